The summed E-state index contributed by atoms with van der Waals surface area (Å²) in [5, 5.41) is 3.48. The molecule has 1 aliphatic carbocycles. The van der Waals surface area contributed by atoms with E-state index in [0.717, 1.165) is 41.0 Å². The van der Waals surface area contributed by atoms with Crippen molar-refractivity contribution in [2.45, 2.75) is 13.8 Å². The monoisotopic (exact) mass is 338 g/mol. The molecule has 2 aromatic rings. The van der Waals surface area contributed by atoms with Crippen LogP contribution in [-0.4, -0.2) is 18.1 Å². The van der Waals surface area contributed by atoms with Crippen LogP contribution in [0.1, 0.15) is 13.8 Å². The third-order valence-corrected chi connectivity index (χ3v) is 4.39. The van der Waals surface area contributed by atoms with Crippen molar-refractivity contribution in [2.75, 3.05) is 13.1 Å². The summed E-state index contributed by atoms with van der Waals surface area (Å²) in [5.74, 6) is 0.831. The van der Waals surface area contributed by atoms with Crippen LogP contribution in [0.15, 0.2) is 59.0 Å². The molecule has 0 fully saturated rings. The van der Waals surface area contributed by atoms with Gasteiger partial charge >= 0.3 is 0 Å². The summed E-state index contributed by atoms with van der Waals surface area (Å²) in [6.07, 6.45) is 0. The van der Waals surface area contributed by atoms with Crippen LogP contribution in [0, 0.1) is 0 Å². The van der Waals surface area contributed by atoms with Gasteiger partial charge in [0.05, 0.1) is 6.07 Å². The average Bonchev–Trinajstić information content (AvgIpc) is 2.61. The predicted octanol–water partition coefficient (Wildman–Crippen LogP) is 0.902. The number of nitrogens with zero attached hydrogens (tertiary/aromatic N) is 2. The minimum absolute atomic E-state index is 0. The average molecular weight is 339 g/mol. The fourth-order valence-electron chi connectivity index (χ4n) is 3.13. The van der Waals surface area contributed by atoms with E-state index in [9.17, 15) is 0 Å². The van der Waals surface area contributed by atoms with Gasteiger partial charge in [0.25, 0.3) is 0 Å². The molecule has 1 heterocycles. The van der Waals surface area contributed by atoms with Gasteiger partial charge in [0, 0.05) is 11.5 Å². The Bertz CT molecular complexity index is 1050. The van der Waals surface area contributed by atoms with E-state index in [2.05, 4.69) is 48.8 Å². The van der Waals surface area contributed by atoms with Gasteiger partial charge in [-0.1, -0.05) is 30.3 Å². The Hall–Kier alpha value is -2.39. The van der Waals surface area contributed by atoms with E-state index in [1.54, 1.807) is 0 Å². The second kappa shape index (κ2) is 6.62. The van der Waals surface area contributed by atoms with E-state index in [-0.39, 0.29) is 12.4 Å². The molecule has 0 saturated carbocycles. The van der Waals surface area contributed by atoms with Crippen molar-refractivity contribution in [3.8, 4) is 11.5 Å². The molecule has 1 aliphatic heterocycles. The zero-order valence-corrected chi connectivity index (χ0v) is 14.5. The minimum atomic E-state index is 0. The van der Waals surface area contributed by atoms with Crippen LogP contribution in [-0.2, 0) is 0 Å². The molecule has 0 amide bonds. The lowest BCUT2D eigenvalue weighted by atomic mass is 10.1. The number of hydrogen-bond acceptors (Lipinski definition) is 2. The molecule has 2 aromatic carbocycles. The molecule has 0 radical (unpaired) electrons. The van der Waals surface area contributed by atoms with E-state index in [4.69, 9.17) is 9.40 Å². The summed E-state index contributed by atoms with van der Waals surface area (Å²) in [4.78, 5) is 4.85. The quantitative estimate of drug-likeness (QED) is 0.309. The highest BCUT2D eigenvalue weighted by atomic mass is 35.5. The van der Waals surface area contributed by atoms with E-state index < -0.39 is 0 Å². The van der Waals surface area contributed by atoms with Crippen LogP contribution in [0.4, 0.5) is 0 Å². The summed E-state index contributed by atoms with van der Waals surface area (Å²) in [6, 6.07) is 18.6. The highest BCUT2D eigenvalue weighted by Crippen LogP contribution is 2.28. The fourth-order valence-corrected chi connectivity index (χ4v) is 3.13. The van der Waals surface area contributed by atoms with Gasteiger partial charge in [0.1, 0.15) is 24.3 Å². The second-order valence-corrected chi connectivity index (χ2v) is 5.67. The first-order chi connectivity index (χ1) is 11.3. The first-order valence-electron chi connectivity index (χ1n) is 8.10. The Labute approximate surface area is 147 Å². The van der Waals surface area contributed by atoms with Crippen LogP contribution < -0.4 is 22.3 Å². The Kier molecular flexibility index (Phi) is 4.54. The fraction of sp³-hybridized carbons (Fsp3) is 0.200. The Morgan fingerprint density at radius 2 is 1.75 bits per heavy atom. The van der Waals surface area contributed by atoms with Crippen molar-refractivity contribution in [1.82, 2.24) is 9.56 Å². The summed E-state index contributed by atoms with van der Waals surface area (Å²) in [5.41, 5.74) is 2.64. The normalized spacial score (nSPS) is 10.9. The van der Waals surface area contributed by atoms with Gasteiger partial charge in [-0.15, -0.1) is 0 Å². The molecule has 0 aromatic heterocycles. The highest BCUT2D eigenvalue weighted by molar-refractivity contribution is 6.03. The smallest absolute Gasteiger partial charge is 0.203 e. The van der Waals surface area contributed by atoms with Crippen molar-refractivity contribution < 1.29 is 16.8 Å². The van der Waals surface area contributed by atoms with Gasteiger partial charge in [-0.05, 0) is 31.4 Å². The van der Waals surface area contributed by atoms with Crippen LogP contribution >= 0.6 is 0 Å². The topological polar surface area (TPSA) is 29.0 Å². The van der Waals surface area contributed by atoms with Gasteiger partial charge < -0.3 is 16.8 Å². The van der Waals surface area contributed by atoms with Gasteiger partial charge in [-0.2, -0.15) is 0 Å². The van der Waals surface area contributed by atoms with Crippen LogP contribution in [0.2, 0.25) is 0 Å². The molecular weight excluding hydrogens is 320 g/mol. The van der Waals surface area contributed by atoms with Gasteiger partial charge in [0.15, 0.2) is 11.3 Å². The van der Waals surface area contributed by atoms with Crippen molar-refractivity contribution in [1.29, 1.82) is 0 Å². The molecule has 122 valence electrons. The molecule has 2 aliphatic rings. The highest BCUT2D eigenvalue weighted by Gasteiger charge is 2.12. The van der Waals surface area contributed by atoms with Crippen molar-refractivity contribution in [3.05, 3.63) is 60.0 Å². The largest absolute Gasteiger partial charge is 1.00 e. The molecule has 24 heavy (non-hydrogen) atoms. The lowest BCUT2D eigenvalue weighted by molar-refractivity contribution is -0.00000517. The van der Waals surface area contributed by atoms with Crippen LogP contribution in [0.5, 0.6) is 0 Å². The van der Waals surface area contributed by atoms with Gasteiger partial charge in [-0.25, -0.2) is 9.56 Å². The number of rotatable bonds is 2. The molecule has 0 unspecified atom stereocenters. The maximum Gasteiger partial charge on any atom is 0.203 e. The van der Waals surface area contributed by atoms with Crippen molar-refractivity contribution >= 4 is 21.9 Å². The number of hydrogen-bond donors (Lipinski definition) is 0. The number of aromatic nitrogens is 1. The Morgan fingerprint density at radius 1 is 0.958 bits per heavy atom. The summed E-state index contributed by atoms with van der Waals surface area (Å²) >= 11 is 0. The summed E-state index contributed by atoms with van der Waals surface area (Å²) in [7, 11) is 0. The molecule has 0 atom stereocenters. The molecule has 0 spiro atoms. The SMILES string of the molecule is CC[N+](CC)=c1ccc2nc3c(ccc4ccccc43)oc-2c1.[Cl-]. The third kappa shape index (κ3) is 2.65. The first kappa shape index (κ1) is 16.5. The van der Waals surface area contributed by atoms with Crippen LogP contribution in [0.25, 0.3) is 33.3 Å². The number of fused-ring (bicyclic) bond motifs is 4. The van der Waals surface area contributed by atoms with E-state index in [1.165, 1.54) is 10.7 Å². The maximum atomic E-state index is 6.14. The zero-order valence-electron chi connectivity index (χ0n) is 13.8. The Balaban J connectivity index is 0.00000169. The molecular formula is C20H19ClN2O. The van der Waals surface area contributed by atoms with E-state index in [1.807, 2.05) is 24.3 Å². The standard InChI is InChI=1S/C20H19N2O.ClH/c1-3-22(4-2)15-10-11-17-19(13-15)23-18-12-9-14-7-5-6-8-16(14)20(18)21-17;/h5-13H,3-4H2,1-2H3;1H/q+1;/p-1. The minimum Gasteiger partial charge on any atom is -1.00 e. The van der Waals surface area contributed by atoms with Crippen LogP contribution in [0.3, 0.4) is 0 Å². The molecule has 0 bridgehead atoms. The lowest BCUT2D eigenvalue weighted by Gasteiger charge is -2.08. The summed E-state index contributed by atoms with van der Waals surface area (Å²) in [6.45, 7) is 6.28. The van der Waals surface area contributed by atoms with Gasteiger partial charge in [-0.3, -0.25) is 0 Å². The Morgan fingerprint density at radius 3 is 2.54 bits per heavy atom. The molecule has 0 N–H and O–H groups in total. The molecule has 4 rings (SSSR count). The third-order valence-electron chi connectivity index (χ3n) is 4.39. The zero-order chi connectivity index (χ0) is 15.8. The van der Waals surface area contributed by atoms with Crippen molar-refractivity contribution in [2.24, 2.45) is 0 Å². The molecule has 4 heteroatoms. The summed E-state index contributed by atoms with van der Waals surface area (Å²) < 4.78 is 8.45. The predicted molar refractivity (Wildman–Crippen MR) is 94.5 cm³/mol. The maximum absolute atomic E-state index is 6.14. The first-order valence-corrected chi connectivity index (χ1v) is 8.10. The number of halogens is 1. The van der Waals surface area contributed by atoms with Crippen molar-refractivity contribution in [3.63, 3.8) is 0 Å². The van der Waals surface area contributed by atoms with E-state index >= 15 is 0 Å². The van der Waals surface area contributed by atoms with E-state index in [0.29, 0.717) is 0 Å². The second-order valence-electron chi connectivity index (χ2n) is 5.67. The molecule has 3 nitrogen and oxygen atoms in total. The lowest BCUT2D eigenvalue weighted by Crippen LogP contribution is -3.00. The molecule has 0 saturated heterocycles. The van der Waals surface area contributed by atoms with Gasteiger partial charge in [0.2, 0.25) is 5.36 Å². The number of benzene rings is 3.